The molecule has 0 spiro atoms. The van der Waals surface area contributed by atoms with E-state index in [4.69, 9.17) is 20.6 Å². The molecule has 0 aromatic heterocycles. The zero-order valence-corrected chi connectivity index (χ0v) is 18.9. The van der Waals surface area contributed by atoms with Crippen molar-refractivity contribution in [2.24, 2.45) is 11.8 Å². The molecule has 1 heterocycles. The van der Waals surface area contributed by atoms with E-state index >= 15 is 0 Å². The number of terminal acetylenes is 1. The summed E-state index contributed by atoms with van der Waals surface area (Å²) >= 11 is 0. The van der Waals surface area contributed by atoms with Crippen molar-refractivity contribution in [1.82, 2.24) is 4.90 Å². The second kappa shape index (κ2) is 12.0. The maximum Gasteiger partial charge on any atom is 0.410 e. The Bertz CT molecular complexity index is 671. The summed E-state index contributed by atoms with van der Waals surface area (Å²) in [6.45, 7) is 10.3. The predicted octanol–water partition coefficient (Wildman–Crippen LogP) is 5.24. The molecule has 5 nitrogen and oxygen atoms in total. The summed E-state index contributed by atoms with van der Waals surface area (Å²) in [6, 6.07) is 9.98. The number of hydrogen-bond acceptors (Lipinski definition) is 4. The Morgan fingerprint density at radius 3 is 2.50 bits per heavy atom. The smallest absolute Gasteiger partial charge is 0.410 e. The van der Waals surface area contributed by atoms with Crippen LogP contribution < -0.4 is 0 Å². The van der Waals surface area contributed by atoms with E-state index in [9.17, 15) is 4.79 Å². The van der Waals surface area contributed by atoms with Gasteiger partial charge in [0.25, 0.3) is 0 Å². The number of rotatable bonds is 9. The minimum Gasteiger partial charge on any atom is -0.444 e. The average Bonchev–Trinajstić information content (AvgIpc) is 2.71. The molecule has 1 aliphatic heterocycles. The highest BCUT2D eigenvalue weighted by atomic mass is 16.7. The van der Waals surface area contributed by atoms with Crippen molar-refractivity contribution in [3.8, 4) is 12.3 Å². The number of carbonyl (C=O) groups excluding carboxylic acids is 1. The van der Waals surface area contributed by atoms with Gasteiger partial charge in [-0.2, -0.15) is 0 Å². The second-order valence-corrected chi connectivity index (χ2v) is 8.88. The van der Waals surface area contributed by atoms with Crippen LogP contribution in [0.4, 0.5) is 4.79 Å². The Morgan fingerprint density at radius 1 is 1.27 bits per heavy atom. The molecule has 2 atom stereocenters. The predicted molar refractivity (Wildman–Crippen MR) is 119 cm³/mol. The molecule has 0 saturated carbocycles. The summed E-state index contributed by atoms with van der Waals surface area (Å²) in [5.41, 5.74) is 0.530. The van der Waals surface area contributed by atoms with Crippen molar-refractivity contribution in [2.75, 3.05) is 19.8 Å². The first-order chi connectivity index (χ1) is 14.3. The van der Waals surface area contributed by atoms with Gasteiger partial charge in [0.05, 0.1) is 13.2 Å². The van der Waals surface area contributed by atoms with Crippen LogP contribution in [0.3, 0.4) is 0 Å². The van der Waals surface area contributed by atoms with Gasteiger partial charge in [-0.25, -0.2) is 4.79 Å². The van der Waals surface area contributed by atoms with Crippen LogP contribution in [0, 0.1) is 24.2 Å². The third-order valence-electron chi connectivity index (χ3n) is 5.30. The molecule has 166 valence electrons. The third-order valence-corrected chi connectivity index (χ3v) is 5.30. The van der Waals surface area contributed by atoms with E-state index in [1.807, 2.05) is 51.1 Å². The van der Waals surface area contributed by atoms with E-state index in [2.05, 4.69) is 12.8 Å². The van der Waals surface area contributed by atoms with Crippen LogP contribution >= 0.6 is 0 Å². The van der Waals surface area contributed by atoms with Crippen molar-refractivity contribution < 1.29 is 19.0 Å². The highest BCUT2D eigenvalue weighted by Crippen LogP contribution is 2.30. The van der Waals surface area contributed by atoms with Crippen molar-refractivity contribution in [3.63, 3.8) is 0 Å². The molecule has 1 saturated heterocycles. The number of carbonyl (C=O) groups is 1. The van der Waals surface area contributed by atoms with Crippen molar-refractivity contribution >= 4 is 6.09 Å². The van der Waals surface area contributed by atoms with Crippen molar-refractivity contribution in [1.29, 1.82) is 0 Å². The first-order valence-corrected chi connectivity index (χ1v) is 11.0. The van der Waals surface area contributed by atoms with Crippen LogP contribution in [0.2, 0.25) is 0 Å². The fourth-order valence-corrected chi connectivity index (χ4v) is 3.81. The molecule has 5 heteroatoms. The zero-order valence-electron chi connectivity index (χ0n) is 18.9. The minimum absolute atomic E-state index is 0.207. The summed E-state index contributed by atoms with van der Waals surface area (Å²) < 4.78 is 17.4. The van der Waals surface area contributed by atoms with Crippen LogP contribution in [-0.4, -0.2) is 42.6 Å². The molecular formula is C25H37NO4. The summed E-state index contributed by atoms with van der Waals surface area (Å²) in [7, 11) is 0. The van der Waals surface area contributed by atoms with Crippen LogP contribution in [0.15, 0.2) is 30.3 Å². The second-order valence-electron chi connectivity index (χ2n) is 8.88. The first-order valence-electron chi connectivity index (χ1n) is 11.0. The largest absolute Gasteiger partial charge is 0.444 e. The van der Waals surface area contributed by atoms with E-state index in [1.165, 1.54) is 0 Å². The summed E-state index contributed by atoms with van der Waals surface area (Å²) in [5.74, 6) is 3.24. The van der Waals surface area contributed by atoms with Crippen LogP contribution in [0.1, 0.15) is 58.9 Å². The van der Waals surface area contributed by atoms with Crippen LogP contribution in [0.25, 0.3) is 0 Å². The summed E-state index contributed by atoms with van der Waals surface area (Å²) in [4.78, 5) is 14.7. The van der Waals surface area contributed by atoms with Crippen LogP contribution in [-0.2, 0) is 20.8 Å². The Hall–Kier alpha value is -2.03. The molecule has 0 bridgehead atoms. The molecule has 1 unspecified atom stereocenters. The Kier molecular flexibility index (Phi) is 9.68. The summed E-state index contributed by atoms with van der Waals surface area (Å²) in [6.07, 6.45) is 8.42. The van der Waals surface area contributed by atoms with E-state index in [0.29, 0.717) is 19.5 Å². The summed E-state index contributed by atoms with van der Waals surface area (Å²) in [5, 5.41) is 0. The van der Waals surface area contributed by atoms with Crippen molar-refractivity contribution in [3.05, 3.63) is 35.9 Å². The van der Waals surface area contributed by atoms with Gasteiger partial charge < -0.3 is 19.1 Å². The normalized spacial score (nSPS) is 17.0. The third kappa shape index (κ3) is 8.01. The van der Waals surface area contributed by atoms with Gasteiger partial charge in [0.1, 0.15) is 5.60 Å². The molecule has 0 aliphatic carbocycles. The maximum atomic E-state index is 12.9. The van der Waals surface area contributed by atoms with E-state index in [-0.39, 0.29) is 24.2 Å². The fourth-order valence-electron chi connectivity index (χ4n) is 3.81. The number of hydrogen-bond donors (Lipinski definition) is 0. The highest BCUT2D eigenvalue weighted by molar-refractivity contribution is 5.68. The van der Waals surface area contributed by atoms with Gasteiger partial charge in [0.2, 0.25) is 0 Å². The lowest BCUT2D eigenvalue weighted by Crippen LogP contribution is -2.40. The molecule has 1 fully saturated rings. The van der Waals surface area contributed by atoms with Crippen LogP contribution in [0.5, 0.6) is 0 Å². The first kappa shape index (κ1) is 24.2. The molecular weight excluding hydrogens is 378 g/mol. The van der Waals surface area contributed by atoms with Crippen molar-refractivity contribution in [2.45, 2.75) is 71.8 Å². The molecule has 30 heavy (non-hydrogen) atoms. The molecule has 1 aromatic rings. The Balaban J connectivity index is 2.10. The monoisotopic (exact) mass is 415 g/mol. The van der Waals surface area contributed by atoms with Gasteiger partial charge >= 0.3 is 6.09 Å². The van der Waals surface area contributed by atoms with Gasteiger partial charge in [-0.1, -0.05) is 37.3 Å². The lowest BCUT2D eigenvalue weighted by molar-refractivity contribution is -0.214. The molecule has 2 rings (SSSR count). The number of nitrogens with zero attached hydrogens (tertiary/aromatic N) is 1. The number of benzene rings is 1. The van der Waals surface area contributed by atoms with Gasteiger partial charge in [-0.05, 0) is 51.5 Å². The van der Waals surface area contributed by atoms with E-state index in [0.717, 1.165) is 38.0 Å². The number of ether oxygens (including phenoxy) is 3. The SMILES string of the molecule is C#CC[C@@H](CCN(Cc1ccccc1)C(=O)OC(C)(C)C)C(CC)C1OCCCO1. The topological polar surface area (TPSA) is 48.0 Å². The van der Waals surface area contributed by atoms with E-state index < -0.39 is 5.60 Å². The van der Waals surface area contributed by atoms with Gasteiger partial charge in [-0.3, -0.25) is 0 Å². The van der Waals surface area contributed by atoms with E-state index in [1.54, 1.807) is 4.90 Å². The lowest BCUT2D eigenvalue weighted by atomic mass is 9.84. The minimum atomic E-state index is -0.542. The zero-order chi connectivity index (χ0) is 22.0. The quantitative estimate of drug-likeness (QED) is 0.517. The standard InChI is InChI=1S/C25H37NO4/c1-6-12-21(22(7-2)23-28-17-11-18-29-23)15-16-26(24(27)30-25(3,4)5)19-20-13-9-8-10-14-20/h1,8-10,13-14,21-23H,7,11-12,15-19H2,2-5H3/t21-,22?/m0/s1. The fraction of sp³-hybridized carbons (Fsp3) is 0.640. The molecule has 1 aliphatic rings. The lowest BCUT2D eigenvalue weighted by Gasteiger charge is -2.35. The molecule has 1 aromatic carbocycles. The molecule has 0 N–H and O–H groups in total. The van der Waals surface area contributed by atoms with Gasteiger partial charge in [-0.15, -0.1) is 12.3 Å². The Labute approximate surface area is 182 Å². The molecule has 1 amide bonds. The highest BCUT2D eigenvalue weighted by Gasteiger charge is 2.32. The molecule has 0 radical (unpaired) electrons. The van der Waals surface area contributed by atoms with Gasteiger partial charge in [0.15, 0.2) is 6.29 Å². The number of amides is 1. The average molecular weight is 416 g/mol. The van der Waals surface area contributed by atoms with Gasteiger partial charge in [0, 0.05) is 25.4 Å². The maximum absolute atomic E-state index is 12.9. The Morgan fingerprint density at radius 2 is 1.93 bits per heavy atom.